The summed E-state index contributed by atoms with van der Waals surface area (Å²) in [5, 5.41) is 9.27. The highest BCUT2D eigenvalue weighted by atomic mass is 16.3. The number of amides is 1. The molecule has 25 heavy (non-hydrogen) atoms. The first-order valence-electron chi connectivity index (χ1n) is 10.1. The van der Waals surface area contributed by atoms with Gasteiger partial charge in [0.1, 0.15) is 5.82 Å². The van der Waals surface area contributed by atoms with Crippen LogP contribution >= 0.6 is 0 Å². The zero-order chi connectivity index (χ0) is 17.6. The van der Waals surface area contributed by atoms with E-state index in [1.165, 1.54) is 32.1 Å². The van der Waals surface area contributed by atoms with E-state index in [0.29, 0.717) is 18.4 Å². The minimum atomic E-state index is 0.142. The summed E-state index contributed by atoms with van der Waals surface area (Å²) in [7, 11) is 0. The molecule has 1 aromatic heterocycles. The summed E-state index contributed by atoms with van der Waals surface area (Å²) in [4.78, 5) is 19.2. The predicted molar refractivity (Wildman–Crippen MR) is 98.4 cm³/mol. The Kier molecular flexibility index (Phi) is 6.51. The third kappa shape index (κ3) is 4.63. The van der Waals surface area contributed by atoms with Crippen LogP contribution in [0.3, 0.4) is 0 Å². The Bertz CT molecular complexity index is 555. The zero-order valence-electron chi connectivity index (χ0n) is 15.6. The fourth-order valence-electron chi connectivity index (χ4n) is 4.54. The first-order chi connectivity index (χ1) is 12.2. The van der Waals surface area contributed by atoms with Gasteiger partial charge in [-0.2, -0.15) is 0 Å². The molecule has 0 radical (unpaired) electrons. The summed E-state index contributed by atoms with van der Waals surface area (Å²) in [6.45, 7) is 4.48. The smallest absolute Gasteiger partial charge is 0.222 e. The van der Waals surface area contributed by atoms with Crippen LogP contribution in [-0.4, -0.2) is 45.2 Å². The summed E-state index contributed by atoms with van der Waals surface area (Å²) in [5.74, 6) is 2.62. The average Bonchev–Trinajstić information content (AvgIpc) is 3.02. The van der Waals surface area contributed by atoms with Crippen molar-refractivity contribution in [3.05, 3.63) is 17.7 Å². The molecule has 1 saturated carbocycles. The summed E-state index contributed by atoms with van der Waals surface area (Å²) < 4.78 is 2.13. The molecule has 5 heteroatoms. The SMILES string of the molecule is Cc1cnc(C2CCN(C(=O)CCC3CCCCC3)CC2)n1CCO. The van der Waals surface area contributed by atoms with Crippen LogP contribution in [-0.2, 0) is 11.3 Å². The number of rotatable bonds is 6. The van der Waals surface area contributed by atoms with Gasteiger partial charge < -0.3 is 14.6 Å². The van der Waals surface area contributed by atoms with Crippen LogP contribution in [0.5, 0.6) is 0 Å². The molecule has 1 amide bonds. The molecule has 0 atom stereocenters. The van der Waals surface area contributed by atoms with Crippen molar-refractivity contribution < 1.29 is 9.90 Å². The number of aliphatic hydroxyl groups is 1. The molecule has 2 heterocycles. The highest BCUT2D eigenvalue weighted by Crippen LogP contribution is 2.30. The molecule has 1 aliphatic carbocycles. The van der Waals surface area contributed by atoms with E-state index in [9.17, 15) is 9.90 Å². The van der Waals surface area contributed by atoms with E-state index in [-0.39, 0.29) is 6.61 Å². The van der Waals surface area contributed by atoms with E-state index in [4.69, 9.17) is 0 Å². The fraction of sp³-hybridized carbons (Fsp3) is 0.800. The molecule has 3 rings (SSSR count). The van der Waals surface area contributed by atoms with Crippen molar-refractivity contribution in [2.24, 2.45) is 5.92 Å². The molecule has 0 spiro atoms. The summed E-state index contributed by atoms with van der Waals surface area (Å²) >= 11 is 0. The van der Waals surface area contributed by atoms with E-state index in [2.05, 4.69) is 14.5 Å². The van der Waals surface area contributed by atoms with Gasteiger partial charge in [-0.3, -0.25) is 4.79 Å². The minimum Gasteiger partial charge on any atom is -0.395 e. The normalized spacial score (nSPS) is 20.2. The molecule has 2 aliphatic rings. The van der Waals surface area contributed by atoms with Gasteiger partial charge >= 0.3 is 0 Å². The molecule has 1 aromatic rings. The third-order valence-corrected chi connectivity index (χ3v) is 6.11. The summed E-state index contributed by atoms with van der Waals surface area (Å²) in [5.41, 5.74) is 1.11. The number of carbonyl (C=O) groups excluding carboxylic acids is 1. The van der Waals surface area contributed by atoms with Crippen molar-refractivity contribution in [1.82, 2.24) is 14.5 Å². The molecular weight excluding hydrogens is 314 g/mol. The number of nitrogens with zero attached hydrogens (tertiary/aromatic N) is 3. The van der Waals surface area contributed by atoms with Gasteiger partial charge in [0.05, 0.1) is 6.61 Å². The lowest BCUT2D eigenvalue weighted by Crippen LogP contribution is -2.38. The van der Waals surface area contributed by atoms with E-state index in [0.717, 1.165) is 56.2 Å². The maximum Gasteiger partial charge on any atom is 0.222 e. The highest BCUT2D eigenvalue weighted by molar-refractivity contribution is 5.76. The lowest BCUT2D eigenvalue weighted by molar-refractivity contribution is -0.132. The van der Waals surface area contributed by atoms with Gasteiger partial charge in [0.25, 0.3) is 0 Å². The predicted octanol–water partition coefficient (Wildman–Crippen LogP) is 3.25. The lowest BCUT2D eigenvalue weighted by atomic mass is 9.86. The summed E-state index contributed by atoms with van der Waals surface area (Å²) in [6, 6.07) is 0. The van der Waals surface area contributed by atoms with Crippen molar-refractivity contribution in [2.75, 3.05) is 19.7 Å². The van der Waals surface area contributed by atoms with Crippen molar-refractivity contribution in [2.45, 2.75) is 77.2 Å². The molecule has 1 aliphatic heterocycles. The monoisotopic (exact) mass is 347 g/mol. The quantitative estimate of drug-likeness (QED) is 0.859. The Labute approximate surface area is 151 Å². The third-order valence-electron chi connectivity index (χ3n) is 6.11. The minimum absolute atomic E-state index is 0.142. The number of aromatic nitrogens is 2. The van der Waals surface area contributed by atoms with Gasteiger partial charge in [-0.05, 0) is 32.1 Å². The molecule has 140 valence electrons. The average molecular weight is 348 g/mol. The lowest BCUT2D eigenvalue weighted by Gasteiger charge is -2.32. The van der Waals surface area contributed by atoms with E-state index in [1.54, 1.807) is 0 Å². The second-order valence-electron chi connectivity index (χ2n) is 7.83. The first-order valence-corrected chi connectivity index (χ1v) is 10.1. The number of aliphatic hydroxyl groups excluding tert-OH is 1. The van der Waals surface area contributed by atoms with Crippen LogP contribution < -0.4 is 0 Å². The van der Waals surface area contributed by atoms with Crippen molar-refractivity contribution in [3.63, 3.8) is 0 Å². The first kappa shape index (κ1) is 18.4. The molecule has 5 nitrogen and oxygen atoms in total. The van der Waals surface area contributed by atoms with Gasteiger partial charge in [0.15, 0.2) is 0 Å². The van der Waals surface area contributed by atoms with Crippen LogP contribution in [0.1, 0.15) is 75.2 Å². The Balaban J connectivity index is 1.47. The number of hydrogen-bond donors (Lipinski definition) is 1. The van der Waals surface area contributed by atoms with Crippen molar-refractivity contribution in [1.29, 1.82) is 0 Å². The standard InChI is InChI=1S/C20H33N3O2/c1-16-15-21-20(23(16)13-14-24)18-9-11-22(12-10-18)19(25)8-7-17-5-3-2-4-6-17/h15,17-18,24H,2-14H2,1H3. The second-order valence-corrected chi connectivity index (χ2v) is 7.83. The fourth-order valence-corrected chi connectivity index (χ4v) is 4.54. The molecule has 0 bridgehead atoms. The molecule has 1 N–H and O–H groups in total. The largest absolute Gasteiger partial charge is 0.395 e. The number of piperidine rings is 1. The van der Waals surface area contributed by atoms with Crippen LogP contribution in [0, 0.1) is 12.8 Å². The molecule has 0 unspecified atom stereocenters. The zero-order valence-corrected chi connectivity index (χ0v) is 15.6. The summed E-state index contributed by atoms with van der Waals surface area (Å²) in [6.07, 6.45) is 12.4. The maximum absolute atomic E-state index is 12.5. The molecule has 0 aromatic carbocycles. The van der Waals surface area contributed by atoms with Gasteiger partial charge in [0, 0.05) is 43.9 Å². The van der Waals surface area contributed by atoms with Gasteiger partial charge in [-0.15, -0.1) is 0 Å². The number of aryl methyl sites for hydroxylation is 1. The topological polar surface area (TPSA) is 58.4 Å². The van der Waals surface area contributed by atoms with Crippen molar-refractivity contribution >= 4 is 5.91 Å². The Morgan fingerprint density at radius 2 is 1.92 bits per heavy atom. The van der Waals surface area contributed by atoms with E-state index < -0.39 is 0 Å². The number of likely N-dealkylation sites (tertiary alicyclic amines) is 1. The maximum atomic E-state index is 12.5. The Hall–Kier alpha value is -1.36. The highest BCUT2D eigenvalue weighted by Gasteiger charge is 2.27. The van der Waals surface area contributed by atoms with E-state index >= 15 is 0 Å². The van der Waals surface area contributed by atoms with E-state index in [1.807, 2.05) is 13.1 Å². The second kappa shape index (κ2) is 8.84. The van der Waals surface area contributed by atoms with Crippen LogP contribution in [0.4, 0.5) is 0 Å². The molecule has 2 fully saturated rings. The Morgan fingerprint density at radius 3 is 2.60 bits per heavy atom. The van der Waals surface area contributed by atoms with Gasteiger partial charge in [-0.1, -0.05) is 32.1 Å². The van der Waals surface area contributed by atoms with Crippen molar-refractivity contribution in [3.8, 4) is 0 Å². The number of imidazole rings is 1. The molecular formula is C20H33N3O2. The number of hydrogen-bond acceptors (Lipinski definition) is 3. The van der Waals surface area contributed by atoms with Crippen LogP contribution in [0.15, 0.2) is 6.20 Å². The van der Waals surface area contributed by atoms with Gasteiger partial charge in [0.2, 0.25) is 5.91 Å². The van der Waals surface area contributed by atoms with Crippen LogP contribution in [0.25, 0.3) is 0 Å². The Morgan fingerprint density at radius 1 is 1.20 bits per heavy atom. The van der Waals surface area contributed by atoms with Gasteiger partial charge in [-0.25, -0.2) is 4.98 Å². The molecule has 1 saturated heterocycles. The van der Waals surface area contributed by atoms with Crippen LogP contribution in [0.2, 0.25) is 0 Å². The number of carbonyl (C=O) groups is 1.